The molecule has 6 nitrogen and oxygen atoms in total. The number of aromatic nitrogens is 2. The summed E-state index contributed by atoms with van der Waals surface area (Å²) in [5.41, 5.74) is 6.07. The second-order valence-corrected chi connectivity index (χ2v) is 6.24. The molecule has 4 rings (SSSR count). The van der Waals surface area contributed by atoms with Gasteiger partial charge in [0.2, 0.25) is 0 Å². The van der Waals surface area contributed by atoms with Crippen LogP contribution in [0.5, 0.6) is 5.75 Å². The van der Waals surface area contributed by atoms with Gasteiger partial charge in [-0.25, -0.2) is 0 Å². The molecule has 1 aromatic carbocycles. The number of benzene rings is 1. The number of carbonyl (C=O) groups excluding carboxylic acids is 1. The van der Waals surface area contributed by atoms with Crippen molar-refractivity contribution in [1.29, 1.82) is 0 Å². The van der Waals surface area contributed by atoms with Gasteiger partial charge >= 0.3 is 0 Å². The number of fused-ring (bicyclic) bond motifs is 2. The smallest absolute Gasteiger partial charge is 0.269 e. The number of ether oxygens (including phenoxy) is 1. The van der Waals surface area contributed by atoms with E-state index < -0.39 is 5.91 Å². The highest BCUT2D eigenvalue weighted by molar-refractivity contribution is 6.05. The second kappa shape index (κ2) is 7.00. The fraction of sp³-hybridized carbons (Fsp3) is 0.529. The molecular weight excluding hydrogens is 292 g/mol. The number of carbonyl (C=O) groups is 1. The van der Waals surface area contributed by atoms with Crippen LogP contribution in [0, 0.1) is 11.8 Å². The molecule has 0 spiro atoms. The van der Waals surface area contributed by atoms with E-state index >= 15 is 0 Å². The van der Waals surface area contributed by atoms with Crippen LogP contribution in [0.4, 0.5) is 0 Å². The molecule has 1 aliphatic carbocycles. The van der Waals surface area contributed by atoms with Gasteiger partial charge in [0.15, 0.2) is 5.69 Å². The maximum absolute atomic E-state index is 11.0. The lowest BCUT2D eigenvalue weighted by atomic mass is 9.71. The number of nitrogens with zero attached hydrogens (tertiary/aromatic N) is 1. The van der Waals surface area contributed by atoms with Gasteiger partial charge in [0.05, 0.1) is 7.11 Å². The number of nitrogens with one attached hydrogen (secondary N) is 2. The highest BCUT2D eigenvalue weighted by Gasteiger charge is 2.30. The van der Waals surface area contributed by atoms with E-state index in [2.05, 4.69) is 15.5 Å². The van der Waals surface area contributed by atoms with Crippen LogP contribution in [0.1, 0.15) is 36.2 Å². The lowest BCUT2D eigenvalue weighted by molar-refractivity contribution is 0.0997. The molecule has 1 saturated carbocycles. The number of amides is 1. The number of nitrogens with two attached hydrogens (primary N) is 1. The Hall–Kier alpha value is -2.08. The number of para-hydroxylation sites is 1. The fourth-order valence-corrected chi connectivity index (χ4v) is 3.47. The first kappa shape index (κ1) is 15.8. The monoisotopic (exact) mass is 316 g/mol. The minimum absolute atomic E-state index is 0.235. The number of hydrogen-bond donors (Lipinski definition) is 3. The Morgan fingerprint density at radius 3 is 2.48 bits per heavy atom. The number of H-pyrrole nitrogens is 1. The summed E-state index contributed by atoms with van der Waals surface area (Å²) in [6.07, 6.45) is 5.94. The van der Waals surface area contributed by atoms with E-state index in [0.29, 0.717) is 16.7 Å². The van der Waals surface area contributed by atoms with E-state index in [-0.39, 0.29) is 5.69 Å². The highest BCUT2D eigenvalue weighted by Crippen LogP contribution is 2.39. The zero-order valence-corrected chi connectivity index (χ0v) is 13.5. The zero-order valence-electron chi connectivity index (χ0n) is 13.5. The zero-order chi connectivity index (χ0) is 16.2. The topological polar surface area (TPSA) is 93.0 Å². The molecule has 1 aromatic heterocycles. The van der Waals surface area contributed by atoms with Crippen LogP contribution in [-0.4, -0.2) is 36.3 Å². The molecule has 0 bridgehead atoms. The van der Waals surface area contributed by atoms with Crippen LogP contribution in [-0.2, 0) is 0 Å². The Balaban J connectivity index is 0.000000149. The van der Waals surface area contributed by atoms with Crippen LogP contribution in [0.3, 0.4) is 0 Å². The summed E-state index contributed by atoms with van der Waals surface area (Å²) in [7, 11) is 1.56. The van der Waals surface area contributed by atoms with E-state index in [4.69, 9.17) is 10.5 Å². The van der Waals surface area contributed by atoms with Gasteiger partial charge in [0.25, 0.3) is 5.91 Å². The van der Waals surface area contributed by atoms with Gasteiger partial charge in [0, 0.05) is 5.39 Å². The summed E-state index contributed by atoms with van der Waals surface area (Å²) in [6.45, 7) is 2.56. The standard InChI is InChI=1S/C9H9N3O2.C8H15N/c1-14-6-4-2-3-5-7(6)11-12-8(5)9(10)13;1-2-8-4-6-9-5-3-7(1)8/h2-4H,1H3,(H2,10,13)(H,11,12);7-9H,1-6H2. The van der Waals surface area contributed by atoms with E-state index in [1.807, 2.05) is 0 Å². The molecule has 0 radical (unpaired) electrons. The molecule has 1 saturated heterocycles. The highest BCUT2D eigenvalue weighted by atomic mass is 16.5. The third-order valence-corrected chi connectivity index (χ3v) is 4.97. The van der Waals surface area contributed by atoms with Crippen molar-refractivity contribution in [2.75, 3.05) is 20.2 Å². The van der Waals surface area contributed by atoms with Crippen molar-refractivity contribution in [1.82, 2.24) is 15.5 Å². The normalized spacial score (nSPS) is 23.0. The molecule has 4 N–H and O–H groups in total. The quantitative estimate of drug-likeness (QED) is 0.790. The number of primary amides is 1. The van der Waals surface area contributed by atoms with E-state index in [9.17, 15) is 4.79 Å². The number of rotatable bonds is 2. The molecule has 2 fully saturated rings. The second-order valence-electron chi connectivity index (χ2n) is 6.24. The fourth-order valence-electron chi connectivity index (χ4n) is 3.47. The Bertz CT molecular complexity index is 670. The molecule has 2 heterocycles. The first-order valence-corrected chi connectivity index (χ1v) is 8.22. The Morgan fingerprint density at radius 2 is 1.91 bits per heavy atom. The molecule has 2 aliphatic rings. The van der Waals surface area contributed by atoms with Crippen molar-refractivity contribution in [3.05, 3.63) is 23.9 Å². The van der Waals surface area contributed by atoms with Gasteiger partial charge in [-0.05, 0) is 56.7 Å². The van der Waals surface area contributed by atoms with Crippen molar-refractivity contribution in [2.24, 2.45) is 17.6 Å². The van der Waals surface area contributed by atoms with Crippen LogP contribution in [0.25, 0.3) is 10.9 Å². The van der Waals surface area contributed by atoms with Crippen LogP contribution in [0.2, 0.25) is 0 Å². The molecule has 1 amide bonds. The van der Waals surface area contributed by atoms with Crippen LogP contribution < -0.4 is 15.8 Å². The Labute approximate surface area is 135 Å². The van der Waals surface area contributed by atoms with Gasteiger partial charge in [-0.15, -0.1) is 0 Å². The van der Waals surface area contributed by atoms with Crippen molar-refractivity contribution < 1.29 is 9.53 Å². The van der Waals surface area contributed by atoms with Crippen molar-refractivity contribution in [3.8, 4) is 5.75 Å². The van der Waals surface area contributed by atoms with E-state index in [1.54, 1.807) is 25.3 Å². The molecule has 23 heavy (non-hydrogen) atoms. The molecular formula is C17H24N4O2. The number of hydrogen-bond acceptors (Lipinski definition) is 4. The maximum atomic E-state index is 11.0. The lowest BCUT2D eigenvalue weighted by Gasteiger charge is -2.34. The van der Waals surface area contributed by atoms with Crippen molar-refractivity contribution >= 4 is 16.8 Å². The first-order valence-electron chi connectivity index (χ1n) is 8.22. The van der Waals surface area contributed by atoms with Crippen molar-refractivity contribution in [2.45, 2.75) is 25.7 Å². The largest absolute Gasteiger partial charge is 0.494 e. The van der Waals surface area contributed by atoms with Crippen LogP contribution in [0.15, 0.2) is 18.2 Å². The van der Waals surface area contributed by atoms with Gasteiger partial charge in [-0.1, -0.05) is 12.1 Å². The minimum atomic E-state index is -0.551. The molecule has 2 atom stereocenters. The molecule has 2 aromatic rings. The Kier molecular flexibility index (Phi) is 4.81. The SMILES string of the molecule is C1CC2CCC2CCN1.COc1cccc2c(C(N)=O)n[nH]c12. The first-order chi connectivity index (χ1) is 11.2. The molecule has 6 heteroatoms. The third-order valence-electron chi connectivity index (χ3n) is 4.97. The Morgan fingerprint density at radius 1 is 1.22 bits per heavy atom. The maximum Gasteiger partial charge on any atom is 0.269 e. The summed E-state index contributed by atoms with van der Waals surface area (Å²) in [6, 6.07) is 5.33. The molecule has 1 aliphatic heterocycles. The summed E-state index contributed by atoms with van der Waals surface area (Å²) >= 11 is 0. The molecule has 2 unspecified atom stereocenters. The van der Waals surface area contributed by atoms with E-state index in [0.717, 1.165) is 11.8 Å². The van der Waals surface area contributed by atoms with Crippen molar-refractivity contribution in [3.63, 3.8) is 0 Å². The number of methoxy groups -OCH3 is 1. The van der Waals surface area contributed by atoms with Gasteiger partial charge < -0.3 is 15.8 Å². The molecule has 124 valence electrons. The predicted molar refractivity (Wildman–Crippen MR) is 89.5 cm³/mol. The summed E-state index contributed by atoms with van der Waals surface area (Å²) < 4.78 is 5.10. The summed E-state index contributed by atoms with van der Waals surface area (Å²) in [4.78, 5) is 11.0. The third kappa shape index (κ3) is 3.32. The van der Waals surface area contributed by atoms with Crippen LogP contribution >= 0.6 is 0 Å². The van der Waals surface area contributed by atoms with Gasteiger partial charge in [-0.3, -0.25) is 9.89 Å². The predicted octanol–water partition coefficient (Wildman–Crippen LogP) is 2.07. The summed E-state index contributed by atoms with van der Waals surface area (Å²) in [5, 5.41) is 10.7. The van der Waals surface area contributed by atoms with Gasteiger partial charge in [-0.2, -0.15) is 5.10 Å². The summed E-state index contributed by atoms with van der Waals surface area (Å²) in [5.74, 6) is 2.31. The van der Waals surface area contributed by atoms with Gasteiger partial charge in [0.1, 0.15) is 11.3 Å². The lowest BCUT2D eigenvalue weighted by Crippen LogP contribution is -2.24. The van der Waals surface area contributed by atoms with E-state index in [1.165, 1.54) is 38.8 Å². The average Bonchev–Trinajstić information content (AvgIpc) is 2.90. The number of aromatic amines is 1. The average molecular weight is 316 g/mol. The minimum Gasteiger partial charge on any atom is -0.494 e.